The summed E-state index contributed by atoms with van der Waals surface area (Å²) in [5.74, 6) is -1.26. The normalized spacial score (nSPS) is 10.7. The first-order valence-corrected chi connectivity index (χ1v) is 8.02. The second-order valence-electron chi connectivity index (χ2n) is 4.66. The third-order valence-electron chi connectivity index (χ3n) is 3.28. The Bertz CT molecular complexity index is 703. The van der Waals surface area contributed by atoms with E-state index in [1.54, 1.807) is 14.0 Å². The predicted molar refractivity (Wildman–Crippen MR) is 85.0 cm³/mol. The molecular weight excluding hydrogens is 308 g/mol. The number of aryl methyl sites for hydroxylation is 3. The maximum atomic E-state index is 12.5. The molecule has 0 saturated carbocycles. The number of carboxylic acid groups (broad SMARTS) is 1. The Morgan fingerprint density at radius 3 is 2.57 bits per heavy atom. The molecule has 1 N–H and O–H groups in total. The number of aromatic nitrogens is 1. The summed E-state index contributed by atoms with van der Waals surface area (Å²) in [5, 5.41) is 9.62. The zero-order valence-electron chi connectivity index (χ0n) is 12.3. The van der Waals surface area contributed by atoms with Crippen LogP contribution in [0, 0.1) is 13.8 Å². The minimum atomic E-state index is -1.06. The van der Waals surface area contributed by atoms with Gasteiger partial charge in [-0.1, -0.05) is 6.92 Å². The maximum Gasteiger partial charge on any atom is 0.340 e. The first-order chi connectivity index (χ1) is 9.86. The Kier molecular flexibility index (Phi) is 4.43. The van der Waals surface area contributed by atoms with Gasteiger partial charge in [-0.3, -0.25) is 4.79 Å². The van der Waals surface area contributed by atoms with Gasteiger partial charge in [-0.15, -0.1) is 11.3 Å². The van der Waals surface area contributed by atoms with Crippen LogP contribution >= 0.6 is 22.9 Å². The molecule has 2 aromatic rings. The highest BCUT2D eigenvalue weighted by molar-refractivity contribution is 7.14. The van der Waals surface area contributed by atoms with E-state index < -0.39 is 5.97 Å². The van der Waals surface area contributed by atoms with Gasteiger partial charge in [-0.05, 0) is 43.4 Å². The average molecular weight is 324 g/mol. The number of hydrogen-bond donors (Lipinski definition) is 1. The molecule has 2 rings (SSSR count). The number of hydrogen-bond acceptors (Lipinski definition) is 5. The van der Waals surface area contributed by atoms with Crippen molar-refractivity contribution in [3.63, 3.8) is 0 Å². The second kappa shape index (κ2) is 5.95. The third kappa shape index (κ3) is 2.84. The quantitative estimate of drug-likeness (QED) is 0.936. The van der Waals surface area contributed by atoms with Crippen LogP contribution in [0.4, 0.5) is 5.00 Å². The minimum Gasteiger partial charge on any atom is -0.478 e. The molecular formula is C14H16N2O3S2. The number of anilines is 1. The number of carbonyl (C=O) groups excluding carboxylic acids is 1. The lowest BCUT2D eigenvalue weighted by atomic mass is 10.2. The molecule has 1 amide bonds. The molecule has 112 valence electrons. The van der Waals surface area contributed by atoms with E-state index in [2.05, 4.69) is 4.37 Å². The van der Waals surface area contributed by atoms with Crippen molar-refractivity contribution < 1.29 is 14.7 Å². The van der Waals surface area contributed by atoms with Crippen molar-refractivity contribution in [3.05, 3.63) is 32.6 Å². The monoisotopic (exact) mass is 324 g/mol. The summed E-state index contributed by atoms with van der Waals surface area (Å²) in [6.45, 7) is 5.66. The summed E-state index contributed by atoms with van der Waals surface area (Å²) in [6.07, 6.45) is 0.874. The smallest absolute Gasteiger partial charge is 0.340 e. The summed E-state index contributed by atoms with van der Waals surface area (Å²) >= 11 is 2.47. The Balaban J connectivity index is 2.37. The number of thiophene rings is 1. The van der Waals surface area contributed by atoms with E-state index in [1.807, 2.05) is 19.9 Å². The van der Waals surface area contributed by atoms with Crippen molar-refractivity contribution in [3.8, 4) is 0 Å². The van der Waals surface area contributed by atoms with Gasteiger partial charge in [0.2, 0.25) is 0 Å². The van der Waals surface area contributed by atoms with Gasteiger partial charge in [0.1, 0.15) is 10.6 Å². The molecule has 0 atom stereocenters. The molecule has 0 aliphatic heterocycles. The summed E-state index contributed by atoms with van der Waals surface area (Å²) in [5.41, 5.74) is 1.68. The van der Waals surface area contributed by atoms with Crippen LogP contribution in [-0.2, 0) is 6.42 Å². The molecule has 0 aliphatic carbocycles. The van der Waals surface area contributed by atoms with Crippen LogP contribution in [0.15, 0.2) is 6.07 Å². The second-order valence-corrected chi connectivity index (χ2v) is 6.67. The first kappa shape index (κ1) is 15.7. The number of carboxylic acids is 1. The predicted octanol–water partition coefficient (Wildman–Crippen LogP) is 3.36. The fourth-order valence-electron chi connectivity index (χ4n) is 2.07. The molecule has 2 aromatic heterocycles. The van der Waals surface area contributed by atoms with Crippen molar-refractivity contribution >= 4 is 39.7 Å². The molecule has 0 aliphatic rings. The topological polar surface area (TPSA) is 70.5 Å². The van der Waals surface area contributed by atoms with Crippen molar-refractivity contribution in [2.75, 3.05) is 11.9 Å². The number of carbonyl (C=O) groups is 2. The average Bonchev–Trinajstić information content (AvgIpc) is 3.00. The van der Waals surface area contributed by atoms with Crippen LogP contribution < -0.4 is 4.90 Å². The molecule has 0 saturated heterocycles. The molecule has 21 heavy (non-hydrogen) atoms. The number of nitrogens with zero attached hydrogens (tertiary/aromatic N) is 2. The van der Waals surface area contributed by atoms with Crippen LogP contribution in [0.5, 0.6) is 0 Å². The minimum absolute atomic E-state index is 0.0971. The van der Waals surface area contributed by atoms with Crippen LogP contribution in [0.3, 0.4) is 0 Å². The van der Waals surface area contributed by atoms with Crippen molar-refractivity contribution in [2.45, 2.75) is 27.2 Å². The lowest BCUT2D eigenvalue weighted by molar-refractivity contribution is 0.0697. The molecule has 0 bridgehead atoms. The van der Waals surface area contributed by atoms with Gasteiger partial charge >= 0.3 is 5.97 Å². The summed E-state index contributed by atoms with van der Waals surface area (Å²) in [4.78, 5) is 26.9. The number of rotatable bonds is 4. The van der Waals surface area contributed by atoms with Gasteiger partial charge in [0.25, 0.3) is 5.91 Å². The molecule has 0 unspecified atom stereocenters. The number of aromatic carboxylic acids is 1. The zero-order valence-corrected chi connectivity index (χ0v) is 13.9. The highest BCUT2D eigenvalue weighted by Crippen LogP contribution is 2.30. The summed E-state index contributed by atoms with van der Waals surface area (Å²) in [7, 11) is 1.59. The van der Waals surface area contributed by atoms with E-state index in [4.69, 9.17) is 0 Å². The van der Waals surface area contributed by atoms with E-state index in [9.17, 15) is 14.7 Å². The molecule has 7 heteroatoms. The largest absolute Gasteiger partial charge is 0.478 e. The lowest BCUT2D eigenvalue weighted by Crippen LogP contribution is -2.26. The fourth-order valence-corrected chi connectivity index (χ4v) is 4.00. The third-order valence-corrected chi connectivity index (χ3v) is 5.38. The zero-order chi connectivity index (χ0) is 15.7. The van der Waals surface area contributed by atoms with Gasteiger partial charge in [-0.25, -0.2) is 4.79 Å². The standard InChI is InChI=1S/C14H16N2O3S2/c1-5-9-6-10(20-8(9)3)12(17)16(4)13-11(14(18)19)7(2)15-21-13/h6H,5H2,1-4H3,(H,18,19). The Hall–Kier alpha value is -1.73. The SMILES string of the molecule is CCc1cc(C(=O)N(C)c2snc(C)c2C(=O)O)sc1C. The first-order valence-electron chi connectivity index (χ1n) is 6.43. The van der Waals surface area contributed by atoms with Crippen LogP contribution in [-0.4, -0.2) is 28.4 Å². The van der Waals surface area contributed by atoms with E-state index in [-0.39, 0.29) is 11.5 Å². The van der Waals surface area contributed by atoms with Crippen molar-refractivity contribution in [1.29, 1.82) is 0 Å². The van der Waals surface area contributed by atoms with E-state index >= 15 is 0 Å². The molecule has 2 heterocycles. The van der Waals surface area contributed by atoms with Crippen molar-refractivity contribution in [2.24, 2.45) is 0 Å². The highest BCUT2D eigenvalue weighted by atomic mass is 32.1. The van der Waals surface area contributed by atoms with Gasteiger partial charge in [0, 0.05) is 11.9 Å². The van der Waals surface area contributed by atoms with Gasteiger partial charge in [0.05, 0.1) is 10.6 Å². The van der Waals surface area contributed by atoms with Gasteiger partial charge < -0.3 is 10.0 Å². The highest BCUT2D eigenvalue weighted by Gasteiger charge is 2.25. The molecule has 0 fully saturated rings. The molecule has 0 spiro atoms. The van der Waals surface area contributed by atoms with Crippen LogP contribution in [0.25, 0.3) is 0 Å². The van der Waals surface area contributed by atoms with Crippen LogP contribution in [0.1, 0.15) is 43.1 Å². The van der Waals surface area contributed by atoms with Gasteiger partial charge in [0.15, 0.2) is 0 Å². The molecule has 0 aromatic carbocycles. The van der Waals surface area contributed by atoms with E-state index in [0.717, 1.165) is 28.4 Å². The Morgan fingerprint density at radius 2 is 2.05 bits per heavy atom. The Morgan fingerprint density at radius 1 is 1.38 bits per heavy atom. The van der Waals surface area contributed by atoms with Crippen molar-refractivity contribution in [1.82, 2.24) is 4.37 Å². The number of amides is 1. The fraction of sp³-hybridized carbons (Fsp3) is 0.357. The van der Waals surface area contributed by atoms with E-state index in [1.165, 1.54) is 16.2 Å². The Labute approximate surface area is 131 Å². The molecule has 0 radical (unpaired) electrons. The molecule has 5 nitrogen and oxygen atoms in total. The summed E-state index contributed by atoms with van der Waals surface area (Å²) < 4.78 is 4.04. The lowest BCUT2D eigenvalue weighted by Gasteiger charge is -2.14. The maximum absolute atomic E-state index is 12.5. The van der Waals surface area contributed by atoms with Gasteiger partial charge in [-0.2, -0.15) is 4.37 Å². The van der Waals surface area contributed by atoms with E-state index in [0.29, 0.717) is 15.6 Å². The van der Waals surface area contributed by atoms with Crippen LogP contribution in [0.2, 0.25) is 0 Å². The summed E-state index contributed by atoms with van der Waals surface area (Å²) in [6, 6.07) is 1.88.